The van der Waals surface area contributed by atoms with Crippen LogP contribution in [-0.4, -0.2) is 53.3 Å². The van der Waals surface area contributed by atoms with Crippen molar-refractivity contribution in [3.8, 4) is 5.75 Å². The molecule has 0 amide bonds. The molecule has 0 saturated carbocycles. The standard InChI is InChI=1S/C27H30O8/c1-15-20(33-26-22(30)21(29)24(32-4)27(2,3)35-26)11-10-17-13-18(25(31)34-23(15)17)14-19(28)12-16-8-6-5-7-9-16/h5-11,13,21-22,24,26,29-30H,12,14H2,1-4H3/t21-,22+,24+,26+/m0/s1. The van der Waals surface area contributed by atoms with Crippen molar-refractivity contribution in [2.75, 3.05) is 7.11 Å². The average molecular weight is 483 g/mol. The van der Waals surface area contributed by atoms with Crippen molar-refractivity contribution in [3.05, 3.63) is 75.6 Å². The number of benzene rings is 2. The molecule has 2 aromatic carbocycles. The van der Waals surface area contributed by atoms with E-state index in [1.165, 1.54) is 7.11 Å². The van der Waals surface area contributed by atoms with Crippen LogP contribution in [0.15, 0.2) is 57.7 Å². The highest BCUT2D eigenvalue weighted by atomic mass is 16.7. The molecule has 1 saturated heterocycles. The number of methoxy groups -OCH3 is 1. The molecule has 0 unspecified atom stereocenters. The van der Waals surface area contributed by atoms with Gasteiger partial charge in [-0.2, -0.15) is 0 Å². The number of rotatable bonds is 7. The number of Topliss-reactive ketones (excluding diaryl/α,β-unsaturated/α-hetero) is 1. The minimum Gasteiger partial charge on any atom is -0.462 e. The second kappa shape index (κ2) is 9.91. The predicted octanol–water partition coefficient (Wildman–Crippen LogP) is 2.71. The maximum absolute atomic E-state index is 12.7. The number of carbonyl (C=O) groups excluding carboxylic acids is 1. The summed E-state index contributed by atoms with van der Waals surface area (Å²) in [6.45, 7) is 5.19. The topological polar surface area (TPSA) is 115 Å². The Labute approximate surface area is 203 Å². The van der Waals surface area contributed by atoms with Gasteiger partial charge in [-0.05, 0) is 44.5 Å². The van der Waals surface area contributed by atoms with Crippen molar-refractivity contribution < 1.29 is 33.6 Å². The molecule has 1 aromatic heterocycles. The quantitative estimate of drug-likeness (QED) is 0.494. The Morgan fingerprint density at radius 2 is 1.77 bits per heavy atom. The van der Waals surface area contributed by atoms with E-state index >= 15 is 0 Å². The highest BCUT2D eigenvalue weighted by molar-refractivity contribution is 5.86. The van der Waals surface area contributed by atoms with Gasteiger partial charge >= 0.3 is 5.63 Å². The lowest BCUT2D eigenvalue weighted by Crippen LogP contribution is -2.63. The molecule has 4 atom stereocenters. The van der Waals surface area contributed by atoms with Crippen LogP contribution in [0.5, 0.6) is 5.75 Å². The van der Waals surface area contributed by atoms with Gasteiger partial charge in [-0.25, -0.2) is 4.79 Å². The van der Waals surface area contributed by atoms with E-state index < -0.39 is 35.8 Å². The Morgan fingerprint density at radius 3 is 2.46 bits per heavy atom. The summed E-state index contributed by atoms with van der Waals surface area (Å²) in [6.07, 6.45) is -4.27. The molecule has 2 heterocycles. The second-order valence-corrected chi connectivity index (χ2v) is 9.39. The van der Waals surface area contributed by atoms with Crippen molar-refractivity contribution in [2.45, 2.75) is 63.8 Å². The van der Waals surface area contributed by atoms with Gasteiger partial charge in [0.15, 0.2) is 0 Å². The molecule has 8 nitrogen and oxygen atoms in total. The number of fused-ring (bicyclic) bond motifs is 1. The largest absolute Gasteiger partial charge is 0.462 e. The molecule has 186 valence electrons. The number of aliphatic hydroxyl groups is 2. The third-order valence-corrected chi connectivity index (χ3v) is 6.35. The Balaban J connectivity index is 1.55. The molecular formula is C27H30O8. The van der Waals surface area contributed by atoms with Crippen LogP contribution in [0.1, 0.15) is 30.5 Å². The van der Waals surface area contributed by atoms with Crippen molar-refractivity contribution in [2.24, 2.45) is 0 Å². The summed E-state index contributed by atoms with van der Waals surface area (Å²) in [5.74, 6) is 0.245. The summed E-state index contributed by atoms with van der Waals surface area (Å²) in [4.78, 5) is 25.2. The van der Waals surface area contributed by atoms with Gasteiger partial charge < -0.3 is 28.8 Å². The van der Waals surface area contributed by atoms with Crippen LogP contribution in [-0.2, 0) is 27.1 Å². The minimum absolute atomic E-state index is 0.0276. The third-order valence-electron chi connectivity index (χ3n) is 6.35. The number of hydrogen-bond donors (Lipinski definition) is 2. The number of aliphatic hydroxyl groups excluding tert-OH is 2. The first-order valence-electron chi connectivity index (χ1n) is 11.5. The fourth-order valence-corrected chi connectivity index (χ4v) is 4.53. The van der Waals surface area contributed by atoms with Gasteiger partial charge in [0.2, 0.25) is 6.29 Å². The summed E-state index contributed by atoms with van der Waals surface area (Å²) in [7, 11) is 1.44. The summed E-state index contributed by atoms with van der Waals surface area (Å²) >= 11 is 0. The van der Waals surface area contributed by atoms with Crippen LogP contribution in [0.25, 0.3) is 11.0 Å². The highest BCUT2D eigenvalue weighted by Crippen LogP contribution is 2.34. The molecule has 0 radical (unpaired) electrons. The van der Waals surface area contributed by atoms with Crippen LogP contribution >= 0.6 is 0 Å². The summed E-state index contributed by atoms with van der Waals surface area (Å²) in [6, 6.07) is 14.4. The second-order valence-electron chi connectivity index (χ2n) is 9.39. The number of hydrogen-bond acceptors (Lipinski definition) is 8. The van der Waals surface area contributed by atoms with Gasteiger partial charge in [-0.15, -0.1) is 0 Å². The monoisotopic (exact) mass is 482 g/mol. The zero-order chi connectivity index (χ0) is 25.3. The summed E-state index contributed by atoms with van der Waals surface area (Å²) in [5.41, 5.74) is 0.500. The number of aryl methyl sites for hydroxylation is 1. The molecule has 2 N–H and O–H groups in total. The fraction of sp³-hybridized carbons (Fsp3) is 0.407. The maximum atomic E-state index is 12.7. The summed E-state index contributed by atoms with van der Waals surface area (Å²) < 4.78 is 22.6. The first-order chi connectivity index (χ1) is 16.6. The van der Waals surface area contributed by atoms with Crippen molar-refractivity contribution in [1.29, 1.82) is 0 Å². The fourth-order valence-electron chi connectivity index (χ4n) is 4.53. The molecule has 0 bridgehead atoms. The highest BCUT2D eigenvalue weighted by Gasteiger charge is 2.50. The lowest BCUT2D eigenvalue weighted by Gasteiger charge is -2.46. The lowest BCUT2D eigenvalue weighted by molar-refractivity contribution is -0.306. The zero-order valence-corrected chi connectivity index (χ0v) is 20.2. The van der Waals surface area contributed by atoms with Crippen LogP contribution in [0, 0.1) is 6.92 Å². The normalized spacial score (nSPS) is 23.8. The smallest absolute Gasteiger partial charge is 0.339 e. The predicted molar refractivity (Wildman–Crippen MR) is 128 cm³/mol. The van der Waals surface area contributed by atoms with Gasteiger partial charge in [0, 0.05) is 36.5 Å². The Morgan fingerprint density at radius 1 is 1.06 bits per heavy atom. The number of carbonyl (C=O) groups is 1. The van der Waals surface area contributed by atoms with E-state index in [9.17, 15) is 19.8 Å². The van der Waals surface area contributed by atoms with Gasteiger partial charge in [-0.1, -0.05) is 30.3 Å². The zero-order valence-electron chi connectivity index (χ0n) is 20.2. The third kappa shape index (κ3) is 5.16. The van der Waals surface area contributed by atoms with Gasteiger partial charge in [-0.3, -0.25) is 4.79 Å². The van der Waals surface area contributed by atoms with E-state index in [2.05, 4.69) is 0 Å². The minimum atomic E-state index is -1.35. The first kappa shape index (κ1) is 25.1. The average Bonchev–Trinajstić information content (AvgIpc) is 2.81. The first-order valence-corrected chi connectivity index (χ1v) is 11.5. The molecule has 1 fully saturated rings. The van der Waals surface area contributed by atoms with Crippen LogP contribution in [0.3, 0.4) is 0 Å². The van der Waals surface area contributed by atoms with Crippen molar-refractivity contribution in [3.63, 3.8) is 0 Å². The van der Waals surface area contributed by atoms with Gasteiger partial charge in [0.05, 0.1) is 5.60 Å². The van der Waals surface area contributed by atoms with Crippen LogP contribution in [0.4, 0.5) is 0 Å². The van der Waals surface area contributed by atoms with E-state index in [0.29, 0.717) is 22.3 Å². The van der Waals surface area contributed by atoms with Crippen molar-refractivity contribution >= 4 is 16.8 Å². The number of ether oxygens (including phenoxy) is 3. The Hall–Kier alpha value is -3.04. The number of ketones is 1. The van der Waals surface area contributed by atoms with E-state index in [1.807, 2.05) is 30.3 Å². The molecule has 1 aliphatic rings. The SMILES string of the molecule is CO[C@@H]1[C@@H](O)[C@@H](O)[C@H](Oc2ccc3cc(CC(=O)Cc4ccccc4)c(=O)oc3c2C)OC1(C)C. The molecule has 0 spiro atoms. The maximum Gasteiger partial charge on any atom is 0.339 e. The van der Waals surface area contributed by atoms with Crippen molar-refractivity contribution in [1.82, 2.24) is 0 Å². The summed E-state index contributed by atoms with van der Waals surface area (Å²) in [5, 5.41) is 21.6. The van der Waals surface area contributed by atoms with Gasteiger partial charge in [0.1, 0.15) is 35.4 Å². The van der Waals surface area contributed by atoms with Crippen LogP contribution < -0.4 is 10.4 Å². The molecule has 0 aliphatic carbocycles. The lowest BCUT2D eigenvalue weighted by atomic mass is 9.89. The molecule has 3 aromatic rings. The molecular weight excluding hydrogens is 452 g/mol. The van der Waals surface area contributed by atoms with Gasteiger partial charge in [0.25, 0.3) is 0 Å². The van der Waals surface area contributed by atoms with E-state index in [4.69, 9.17) is 18.6 Å². The molecule has 1 aliphatic heterocycles. The molecule has 35 heavy (non-hydrogen) atoms. The van der Waals surface area contributed by atoms with E-state index in [1.54, 1.807) is 39.0 Å². The van der Waals surface area contributed by atoms with Crippen LogP contribution in [0.2, 0.25) is 0 Å². The molecule has 8 heteroatoms. The molecule has 4 rings (SSSR count). The Kier molecular flexibility index (Phi) is 7.10. The Bertz CT molecular complexity index is 1260. The van der Waals surface area contributed by atoms with E-state index in [-0.39, 0.29) is 24.2 Å². The van der Waals surface area contributed by atoms with E-state index in [0.717, 1.165) is 5.56 Å².